The zero-order valence-electron chi connectivity index (χ0n) is 8.16. The molecule has 0 spiro atoms. The summed E-state index contributed by atoms with van der Waals surface area (Å²) >= 11 is 1.90. The molecule has 1 amide bonds. The van der Waals surface area contributed by atoms with Crippen LogP contribution in [0.15, 0.2) is 0 Å². The molecule has 1 atom stereocenters. The molecule has 13 heavy (non-hydrogen) atoms. The fraction of sp³-hybridized carbons (Fsp3) is 0.900. The van der Waals surface area contributed by atoms with Crippen LogP contribution in [0.25, 0.3) is 0 Å². The third-order valence-electron chi connectivity index (χ3n) is 3.12. The first-order chi connectivity index (χ1) is 6.29. The van der Waals surface area contributed by atoms with E-state index in [0.717, 1.165) is 25.1 Å². The van der Waals surface area contributed by atoms with Crippen molar-refractivity contribution >= 4 is 17.7 Å². The summed E-state index contributed by atoms with van der Waals surface area (Å²) in [5, 5.41) is 0.424. The fourth-order valence-corrected chi connectivity index (χ4v) is 3.32. The number of hydrogen-bond donors (Lipinski definition) is 0. The van der Waals surface area contributed by atoms with E-state index in [2.05, 4.69) is 11.8 Å². The first-order valence-corrected chi connectivity index (χ1v) is 6.26. The van der Waals surface area contributed by atoms with Gasteiger partial charge in [0.05, 0.1) is 5.37 Å². The molecular formula is C10H17NOS. The molecule has 2 rings (SSSR count). The Labute approximate surface area is 84.1 Å². The quantitative estimate of drug-likeness (QED) is 0.644. The zero-order valence-corrected chi connectivity index (χ0v) is 8.98. The first kappa shape index (κ1) is 9.38. The summed E-state index contributed by atoms with van der Waals surface area (Å²) in [6.45, 7) is 3.12. The van der Waals surface area contributed by atoms with Gasteiger partial charge in [0.15, 0.2) is 0 Å². The van der Waals surface area contributed by atoms with Crippen molar-refractivity contribution in [1.82, 2.24) is 4.90 Å². The van der Waals surface area contributed by atoms with E-state index in [9.17, 15) is 4.79 Å². The Bertz CT molecular complexity index is 201. The van der Waals surface area contributed by atoms with Crippen LogP contribution >= 0.6 is 11.8 Å². The maximum absolute atomic E-state index is 12.0. The van der Waals surface area contributed by atoms with Crippen LogP contribution in [-0.4, -0.2) is 28.5 Å². The van der Waals surface area contributed by atoms with Crippen molar-refractivity contribution < 1.29 is 4.79 Å². The average Bonchev–Trinajstić information content (AvgIpc) is 2.72. The summed E-state index contributed by atoms with van der Waals surface area (Å²) in [5.74, 6) is 1.91. The molecule has 1 heterocycles. The topological polar surface area (TPSA) is 20.3 Å². The minimum Gasteiger partial charge on any atom is -0.330 e. The van der Waals surface area contributed by atoms with E-state index in [1.54, 1.807) is 0 Å². The molecule has 3 heteroatoms. The highest BCUT2D eigenvalue weighted by molar-refractivity contribution is 8.00. The first-order valence-electron chi connectivity index (χ1n) is 5.21. The Hall–Kier alpha value is -0.180. The molecule has 1 aliphatic carbocycles. The monoisotopic (exact) mass is 199 g/mol. The second-order valence-corrected chi connectivity index (χ2v) is 5.41. The van der Waals surface area contributed by atoms with Crippen molar-refractivity contribution in [2.45, 2.75) is 38.0 Å². The number of carbonyl (C=O) groups is 1. The molecule has 0 radical (unpaired) electrons. The van der Waals surface area contributed by atoms with Crippen molar-refractivity contribution in [2.24, 2.45) is 5.92 Å². The SMILES string of the molecule is CC1SCCN1C(=O)C1CCCC1. The molecule has 0 bridgehead atoms. The zero-order chi connectivity index (χ0) is 9.26. The van der Waals surface area contributed by atoms with Crippen molar-refractivity contribution in [3.63, 3.8) is 0 Å². The number of nitrogens with zero attached hydrogens (tertiary/aromatic N) is 1. The highest BCUT2D eigenvalue weighted by atomic mass is 32.2. The summed E-state index contributed by atoms with van der Waals surface area (Å²) in [6, 6.07) is 0. The van der Waals surface area contributed by atoms with Crippen molar-refractivity contribution in [3.05, 3.63) is 0 Å². The van der Waals surface area contributed by atoms with Crippen LogP contribution in [0.3, 0.4) is 0 Å². The third kappa shape index (κ3) is 1.85. The van der Waals surface area contributed by atoms with Gasteiger partial charge in [-0.15, -0.1) is 11.8 Å². The molecular weight excluding hydrogens is 182 g/mol. The van der Waals surface area contributed by atoms with Gasteiger partial charge in [-0.25, -0.2) is 0 Å². The Morgan fingerprint density at radius 1 is 1.38 bits per heavy atom. The summed E-state index contributed by atoms with van der Waals surface area (Å²) in [5.41, 5.74) is 0. The number of carbonyl (C=O) groups excluding carboxylic acids is 1. The maximum atomic E-state index is 12.0. The van der Waals surface area contributed by atoms with Gasteiger partial charge in [-0.1, -0.05) is 12.8 Å². The van der Waals surface area contributed by atoms with Crippen LogP contribution < -0.4 is 0 Å². The lowest BCUT2D eigenvalue weighted by Crippen LogP contribution is -2.37. The molecule has 0 aromatic rings. The molecule has 0 aromatic carbocycles. The number of hydrogen-bond acceptors (Lipinski definition) is 2. The fourth-order valence-electron chi connectivity index (χ4n) is 2.29. The largest absolute Gasteiger partial charge is 0.330 e. The van der Waals surface area contributed by atoms with E-state index < -0.39 is 0 Å². The molecule has 2 nitrogen and oxygen atoms in total. The molecule has 0 aromatic heterocycles. The lowest BCUT2D eigenvalue weighted by Gasteiger charge is -2.23. The average molecular weight is 199 g/mol. The summed E-state index contributed by atoms with van der Waals surface area (Å²) < 4.78 is 0. The standard InChI is InChI=1S/C10H17NOS/c1-8-11(6-7-13-8)10(12)9-4-2-3-5-9/h8-9H,2-7H2,1H3. The Morgan fingerprint density at radius 2 is 2.08 bits per heavy atom. The summed E-state index contributed by atoms with van der Waals surface area (Å²) in [7, 11) is 0. The molecule has 1 saturated carbocycles. The minimum atomic E-state index is 0.362. The van der Waals surface area contributed by atoms with Crippen LogP contribution in [0, 0.1) is 5.92 Å². The molecule has 0 N–H and O–H groups in total. The van der Waals surface area contributed by atoms with Crippen LogP contribution in [0.1, 0.15) is 32.6 Å². The van der Waals surface area contributed by atoms with E-state index in [1.165, 1.54) is 12.8 Å². The number of amides is 1. The molecule has 1 saturated heterocycles. The molecule has 1 aliphatic heterocycles. The molecule has 2 fully saturated rings. The second kappa shape index (κ2) is 3.91. The van der Waals surface area contributed by atoms with Gasteiger partial charge in [-0.3, -0.25) is 4.79 Å². The summed E-state index contributed by atoms with van der Waals surface area (Å²) in [6.07, 6.45) is 4.77. The van der Waals surface area contributed by atoms with Crippen molar-refractivity contribution in [2.75, 3.05) is 12.3 Å². The van der Waals surface area contributed by atoms with Gasteiger partial charge in [0.2, 0.25) is 5.91 Å². The lowest BCUT2D eigenvalue weighted by molar-refractivity contribution is -0.135. The van der Waals surface area contributed by atoms with E-state index in [1.807, 2.05) is 11.8 Å². The predicted molar refractivity (Wildman–Crippen MR) is 55.6 cm³/mol. The van der Waals surface area contributed by atoms with Gasteiger partial charge in [-0.05, 0) is 19.8 Å². The maximum Gasteiger partial charge on any atom is 0.226 e. The van der Waals surface area contributed by atoms with E-state index >= 15 is 0 Å². The lowest BCUT2D eigenvalue weighted by atomic mass is 10.1. The highest BCUT2D eigenvalue weighted by Crippen LogP contribution is 2.31. The van der Waals surface area contributed by atoms with E-state index in [0.29, 0.717) is 17.2 Å². The van der Waals surface area contributed by atoms with Gasteiger partial charge >= 0.3 is 0 Å². The molecule has 2 aliphatic rings. The number of rotatable bonds is 1. The highest BCUT2D eigenvalue weighted by Gasteiger charge is 2.32. The Morgan fingerprint density at radius 3 is 2.62 bits per heavy atom. The van der Waals surface area contributed by atoms with Crippen LogP contribution in [0.5, 0.6) is 0 Å². The van der Waals surface area contributed by atoms with Gasteiger partial charge < -0.3 is 4.90 Å². The Balaban J connectivity index is 1.95. The Kier molecular flexibility index (Phi) is 2.82. The van der Waals surface area contributed by atoms with E-state index in [4.69, 9.17) is 0 Å². The van der Waals surface area contributed by atoms with Crippen molar-refractivity contribution in [3.8, 4) is 0 Å². The summed E-state index contributed by atoms with van der Waals surface area (Å²) in [4.78, 5) is 14.0. The van der Waals surface area contributed by atoms with Gasteiger partial charge in [0.25, 0.3) is 0 Å². The van der Waals surface area contributed by atoms with Crippen molar-refractivity contribution in [1.29, 1.82) is 0 Å². The van der Waals surface area contributed by atoms with E-state index in [-0.39, 0.29) is 0 Å². The van der Waals surface area contributed by atoms with Crippen LogP contribution in [0.4, 0.5) is 0 Å². The predicted octanol–water partition coefficient (Wildman–Crippen LogP) is 2.10. The van der Waals surface area contributed by atoms with Crippen LogP contribution in [0.2, 0.25) is 0 Å². The van der Waals surface area contributed by atoms with Crippen LogP contribution in [-0.2, 0) is 4.79 Å². The van der Waals surface area contributed by atoms with Gasteiger partial charge in [0, 0.05) is 18.2 Å². The normalized spacial score (nSPS) is 29.9. The van der Waals surface area contributed by atoms with Gasteiger partial charge in [-0.2, -0.15) is 0 Å². The second-order valence-electron chi connectivity index (χ2n) is 3.98. The third-order valence-corrected chi connectivity index (χ3v) is 4.27. The smallest absolute Gasteiger partial charge is 0.226 e. The minimum absolute atomic E-state index is 0.362. The molecule has 74 valence electrons. The molecule has 1 unspecified atom stereocenters. The number of thioether (sulfide) groups is 1. The van der Waals surface area contributed by atoms with Gasteiger partial charge in [0.1, 0.15) is 0 Å².